The van der Waals surface area contributed by atoms with Crippen LogP contribution in [0.1, 0.15) is 47.2 Å². The molecule has 1 heteroatoms. The summed E-state index contributed by atoms with van der Waals surface area (Å²) in [4.78, 5) is 2.54. The van der Waals surface area contributed by atoms with Crippen LogP contribution in [-0.2, 0) is 10.8 Å². The van der Waals surface area contributed by atoms with Gasteiger partial charge in [-0.1, -0.05) is 238 Å². The molecule has 0 unspecified atom stereocenters. The summed E-state index contributed by atoms with van der Waals surface area (Å²) >= 11 is 0. The van der Waals surface area contributed by atoms with Crippen LogP contribution in [-0.4, -0.2) is 0 Å². The number of nitrogens with zero attached hydrogens (tertiary/aromatic N) is 1. The Kier molecular flexibility index (Phi) is 9.22. The second kappa shape index (κ2) is 15.9. The Morgan fingerprint density at radius 3 is 1.32 bits per heavy atom. The van der Waals surface area contributed by atoms with Crippen LogP contribution in [0.25, 0.3) is 77.9 Å². The van der Waals surface area contributed by atoms with E-state index in [1.54, 1.807) is 0 Å². The van der Waals surface area contributed by atoms with Crippen molar-refractivity contribution in [3.63, 3.8) is 0 Å². The van der Waals surface area contributed by atoms with Gasteiger partial charge in [-0.3, -0.25) is 0 Å². The van der Waals surface area contributed by atoms with Gasteiger partial charge in [-0.05, 0) is 142 Å². The van der Waals surface area contributed by atoms with E-state index in [9.17, 15) is 0 Å². The first-order valence-electron chi connectivity index (χ1n) is 24.9. The van der Waals surface area contributed by atoms with Gasteiger partial charge in [0.25, 0.3) is 0 Å². The van der Waals surface area contributed by atoms with Crippen LogP contribution in [0.15, 0.2) is 261 Å². The molecule has 0 atom stereocenters. The molecule has 0 fully saturated rings. The summed E-state index contributed by atoms with van der Waals surface area (Å²) in [5.74, 6) is 0. The van der Waals surface area contributed by atoms with E-state index in [2.05, 4.69) is 280 Å². The Labute approximate surface area is 416 Å². The van der Waals surface area contributed by atoms with E-state index >= 15 is 0 Å². The summed E-state index contributed by atoms with van der Waals surface area (Å²) < 4.78 is 0. The van der Waals surface area contributed by atoms with E-state index in [-0.39, 0.29) is 5.41 Å². The number of rotatable bonds is 7. The monoisotopic (exact) mass is 903 g/mol. The van der Waals surface area contributed by atoms with Crippen molar-refractivity contribution in [1.29, 1.82) is 0 Å². The smallest absolute Gasteiger partial charge is 0.0726 e. The molecule has 14 rings (SSSR count). The van der Waals surface area contributed by atoms with Gasteiger partial charge in [-0.2, -0.15) is 0 Å². The minimum Gasteiger partial charge on any atom is -0.310 e. The molecular weight excluding hydrogens is 855 g/mol. The zero-order valence-electron chi connectivity index (χ0n) is 39.8. The van der Waals surface area contributed by atoms with Gasteiger partial charge < -0.3 is 4.90 Å². The van der Waals surface area contributed by atoms with Crippen molar-refractivity contribution in [2.75, 3.05) is 4.90 Å². The van der Waals surface area contributed by atoms with E-state index in [1.165, 1.54) is 111 Å². The molecule has 0 heterocycles. The van der Waals surface area contributed by atoms with Crippen molar-refractivity contribution in [3.05, 3.63) is 294 Å². The van der Waals surface area contributed by atoms with Crippen LogP contribution in [0, 0.1) is 0 Å². The predicted octanol–water partition coefficient (Wildman–Crippen LogP) is 18.5. The molecule has 11 aromatic rings. The van der Waals surface area contributed by atoms with E-state index < -0.39 is 5.41 Å². The minimum absolute atomic E-state index is 0.0652. The normalized spacial score (nSPS) is 13.7. The van der Waals surface area contributed by atoms with E-state index in [0.717, 1.165) is 17.1 Å². The quantitative estimate of drug-likeness (QED) is 0.154. The van der Waals surface area contributed by atoms with Gasteiger partial charge in [0.15, 0.2) is 0 Å². The van der Waals surface area contributed by atoms with Crippen molar-refractivity contribution in [2.45, 2.75) is 24.7 Å². The largest absolute Gasteiger partial charge is 0.310 e. The van der Waals surface area contributed by atoms with Crippen molar-refractivity contribution in [2.24, 2.45) is 0 Å². The SMILES string of the molecule is CC1(C)c2ccccc2-c2cc(-c3cccc(N(c4ccc5c(c4)C4(c6ccccc6-c6ccccc64)c4ccccc4-5)c4cccc(-c5ccccc5)c4-c4ccccc4-c4ccccc4)c3)ccc21. The summed E-state index contributed by atoms with van der Waals surface area (Å²) in [7, 11) is 0. The highest BCUT2D eigenvalue weighted by Crippen LogP contribution is 2.63. The van der Waals surface area contributed by atoms with Crippen LogP contribution < -0.4 is 4.90 Å². The lowest BCUT2D eigenvalue weighted by Crippen LogP contribution is -2.26. The number of hydrogen-bond donors (Lipinski definition) is 0. The van der Waals surface area contributed by atoms with E-state index in [0.29, 0.717) is 0 Å². The van der Waals surface area contributed by atoms with Gasteiger partial charge in [-0.25, -0.2) is 0 Å². The Hall–Kier alpha value is -8.78. The lowest BCUT2D eigenvalue weighted by Gasteiger charge is -2.33. The Balaban J connectivity index is 1.05. The van der Waals surface area contributed by atoms with Crippen molar-refractivity contribution in [3.8, 4) is 77.9 Å². The van der Waals surface area contributed by atoms with E-state index in [1.807, 2.05) is 0 Å². The summed E-state index contributed by atoms with van der Waals surface area (Å²) in [6, 6.07) is 97.5. The molecule has 0 N–H and O–H groups in total. The maximum absolute atomic E-state index is 2.54. The lowest BCUT2D eigenvalue weighted by molar-refractivity contribution is 0.660. The highest BCUT2D eigenvalue weighted by molar-refractivity contribution is 6.03. The van der Waals surface area contributed by atoms with Gasteiger partial charge in [0, 0.05) is 22.4 Å². The van der Waals surface area contributed by atoms with E-state index in [4.69, 9.17) is 0 Å². The Morgan fingerprint density at radius 1 is 0.254 bits per heavy atom. The molecule has 71 heavy (non-hydrogen) atoms. The van der Waals surface area contributed by atoms with Gasteiger partial charge in [-0.15, -0.1) is 0 Å². The molecule has 0 amide bonds. The lowest BCUT2D eigenvalue weighted by atomic mass is 9.70. The van der Waals surface area contributed by atoms with Crippen LogP contribution >= 0.6 is 0 Å². The molecule has 0 saturated heterocycles. The third-order valence-corrected chi connectivity index (χ3v) is 15.9. The molecule has 0 aromatic heterocycles. The molecule has 0 saturated carbocycles. The van der Waals surface area contributed by atoms with Gasteiger partial charge in [0.05, 0.1) is 11.1 Å². The average Bonchev–Trinajstić information content (AvgIpc) is 4.01. The molecule has 11 aromatic carbocycles. The third kappa shape index (κ3) is 6.06. The summed E-state index contributed by atoms with van der Waals surface area (Å²) in [6.45, 7) is 4.71. The van der Waals surface area contributed by atoms with Gasteiger partial charge in [0.1, 0.15) is 0 Å². The second-order valence-electron chi connectivity index (χ2n) is 19.9. The molecule has 0 aliphatic heterocycles. The number of anilines is 3. The molecule has 3 aliphatic carbocycles. The molecule has 1 nitrogen and oxygen atoms in total. The summed E-state index contributed by atoms with van der Waals surface area (Å²) in [5.41, 5.74) is 28.1. The molecular formula is C70H49N. The van der Waals surface area contributed by atoms with Crippen LogP contribution in [0.2, 0.25) is 0 Å². The number of fused-ring (bicyclic) bond motifs is 13. The van der Waals surface area contributed by atoms with Gasteiger partial charge in [0.2, 0.25) is 0 Å². The molecule has 3 aliphatic rings. The number of hydrogen-bond acceptors (Lipinski definition) is 1. The summed E-state index contributed by atoms with van der Waals surface area (Å²) in [5, 5.41) is 0. The first-order valence-corrected chi connectivity index (χ1v) is 24.9. The first-order chi connectivity index (χ1) is 35.0. The van der Waals surface area contributed by atoms with Gasteiger partial charge >= 0.3 is 0 Å². The molecule has 334 valence electrons. The van der Waals surface area contributed by atoms with Crippen molar-refractivity contribution < 1.29 is 0 Å². The predicted molar refractivity (Wildman–Crippen MR) is 297 cm³/mol. The van der Waals surface area contributed by atoms with Crippen molar-refractivity contribution in [1.82, 2.24) is 0 Å². The third-order valence-electron chi connectivity index (χ3n) is 15.9. The zero-order valence-corrected chi connectivity index (χ0v) is 39.8. The standard InChI is InChI=1S/C70H49N/c1-69(2)61-34-15-11-31-57(61)60-44-49(39-42-62(60)69)48-25-19-26-50(43-48)71(67-38-20-33-53(47-23-7-4-8-24-47)68(67)59-32-10-9-27-52(59)46-21-5-3-6-22-46)51-40-41-58-56-30-14-18-37-65(56)70(66(58)45-51)63-35-16-12-28-54(63)55-29-13-17-36-64(55)70/h3-45H,1-2H3. The Bertz CT molecular complexity index is 3850. The second-order valence-corrected chi connectivity index (χ2v) is 19.9. The fraction of sp³-hybridized carbons (Fsp3) is 0.0571. The van der Waals surface area contributed by atoms with Crippen LogP contribution in [0.4, 0.5) is 17.1 Å². The van der Waals surface area contributed by atoms with Crippen LogP contribution in [0.5, 0.6) is 0 Å². The molecule has 1 spiro atoms. The van der Waals surface area contributed by atoms with Crippen molar-refractivity contribution >= 4 is 17.1 Å². The maximum Gasteiger partial charge on any atom is 0.0726 e. The fourth-order valence-electron chi connectivity index (χ4n) is 12.8. The highest BCUT2D eigenvalue weighted by atomic mass is 15.1. The maximum atomic E-state index is 2.54. The Morgan fingerprint density at radius 2 is 0.690 bits per heavy atom. The number of benzene rings is 11. The van der Waals surface area contributed by atoms with Crippen LogP contribution in [0.3, 0.4) is 0 Å². The minimum atomic E-state index is -0.494. The fourth-order valence-corrected chi connectivity index (χ4v) is 12.8. The molecule has 0 radical (unpaired) electrons. The summed E-state index contributed by atoms with van der Waals surface area (Å²) in [6.07, 6.45) is 0. The first kappa shape index (κ1) is 41.2. The highest BCUT2D eigenvalue weighted by Gasteiger charge is 2.51. The zero-order chi connectivity index (χ0) is 47.3. The average molecular weight is 904 g/mol. The topological polar surface area (TPSA) is 3.24 Å². The molecule has 0 bridgehead atoms.